The van der Waals surface area contributed by atoms with Crippen molar-refractivity contribution in [3.8, 4) is 0 Å². The van der Waals surface area contributed by atoms with Crippen molar-refractivity contribution in [3.05, 3.63) is 11.6 Å². The summed E-state index contributed by atoms with van der Waals surface area (Å²) in [7, 11) is 0. The summed E-state index contributed by atoms with van der Waals surface area (Å²) in [6, 6.07) is 0. The molecule has 3 nitrogen and oxygen atoms in total. The van der Waals surface area contributed by atoms with Crippen LogP contribution < -0.4 is 0 Å². The van der Waals surface area contributed by atoms with Crippen LogP contribution in [0.3, 0.4) is 0 Å². The van der Waals surface area contributed by atoms with Gasteiger partial charge in [-0.05, 0) is 32.6 Å². The highest BCUT2D eigenvalue weighted by Crippen LogP contribution is 2.12. The zero-order valence-electron chi connectivity index (χ0n) is 10.0. The zero-order chi connectivity index (χ0) is 11.8. The molecule has 0 saturated heterocycles. The van der Waals surface area contributed by atoms with Crippen molar-refractivity contribution in [2.45, 2.75) is 47.0 Å². The lowest BCUT2D eigenvalue weighted by atomic mass is 10.0. The lowest BCUT2D eigenvalue weighted by Gasteiger charge is -2.08. The van der Waals surface area contributed by atoms with Crippen molar-refractivity contribution in [3.63, 3.8) is 0 Å². The van der Waals surface area contributed by atoms with E-state index in [2.05, 4.69) is 24.7 Å². The average molecular weight is 212 g/mol. The minimum Gasteiger partial charge on any atom is -0.393 e. The molecule has 0 bridgehead atoms. The summed E-state index contributed by atoms with van der Waals surface area (Å²) < 4.78 is 4.46. The number of hydrogen-bond acceptors (Lipinski definition) is 3. The molecule has 1 atom stereocenters. The number of ether oxygens (including phenoxy) is 1. The van der Waals surface area contributed by atoms with Gasteiger partial charge in [-0.2, -0.15) is 0 Å². The second-order valence-corrected chi connectivity index (χ2v) is 4.13. The van der Waals surface area contributed by atoms with E-state index in [1.54, 1.807) is 0 Å². The third-order valence-corrected chi connectivity index (χ3v) is 1.98. The fourth-order valence-electron chi connectivity index (χ4n) is 1.25. The summed E-state index contributed by atoms with van der Waals surface area (Å²) >= 11 is 0. The molecule has 0 amide bonds. The molecule has 0 aromatic carbocycles. The van der Waals surface area contributed by atoms with Gasteiger partial charge < -0.3 is 4.74 Å². The van der Waals surface area contributed by atoms with Crippen LogP contribution in [-0.2, 0) is 14.3 Å². The predicted molar refractivity (Wildman–Crippen MR) is 59.2 cm³/mol. The van der Waals surface area contributed by atoms with Crippen molar-refractivity contribution in [2.24, 2.45) is 5.92 Å². The van der Waals surface area contributed by atoms with Crippen LogP contribution >= 0.6 is 0 Å². The van der Waals surface area contributed by atoms with E-state index in [0.29, 0.717) is 6.42 Å². The molecule has 0 aromatic rings. The van der Waals surface area contributed by atoms with Crippen LogP contribution in [0, 0.1) is 5.92 Å². The van der Waals surface area contributed by atoms with E-state index in [1.807, 2.05) is 6.92 Å². The minimum absolute atomic E-state index is 0.257. The van der Waals surface area contributed by atoms with E-state index in [1.165, 1.54) is 12.5 Å². The highest BCUT2D eigenvalue weighted by Gasteiger charge is 2.11. The molecule has 0 aromatic heterocycles. The minimum atomic E-state index is -0.531. The quantitative estimate of drug-likeness (QED) is 0.400. The maximum absolute atomic E-state index is 11.1. The summed E-state index contributed by atoms with van der Waals surface area (Å²) in [6.45, 7) is 7.33. The van der Waals surface area contributed by atoms with Crippen molar-refractivity contribution < 1.29 is 14.3 Å². The molecule has 0 aliphatic rings. The smallest absolute Gasteiger partial charge is 0.313 e. The zero-order valence-corrected chi connectivity index (χ0v) is 10.0. The van der Waals surface area contributed by atoms with Crippen molar-refractivity contribution in [1.29, 1.82) is 0 Å². The van der Waals surface area contributed by atoms with Gasteiger partial charge in [0.2, 0.25) is 0 Å². The summed E-state index contributed by atoms with van der Waals surface area (Å²) in [6.07, 6.45) is 4.37. The van der Waals surface area contributed by atoms with Crippen LogP contribution in [0.5, 0.6) is 0 Å². The van der Waals surface area contributed by atoms with E-state index >= 15 is 0 Å². The van der Waals surface area contributed by atoms with Crippen LogP contribution in [0.15, 0.2) is 11.6 Å². The maximum Gasteiger partial charge on any atom is 0.313 e. The van der Waals surface area contributed by atoms with Gasteiger partial charge in [0.25, 0.3) is 0 Å². The van der Waals surface area contributed by atoms with Crippen molar-refractivity contribution in [1.82, 2.24) is 0 Å². The Morgan fingerprint density at radius 3 is 2.33 bits per heavy atom. The molecule has 0 spiro atoms. The Balaban J connectivity index is 3.73. The number of carbonyl (C=O) groups excluding carboxylic acids is 2. The molecule has 0 aliphatic heterocycles. The highest BCUT2D eigenvalue weighted by molar-refractivity contribution is 5.84. The first-order chi connectivity index (χ1) is 6.91. The van der Waals surface area contributed by atoms with E-state index in [4.69, 9.17) is 0 Å². The van der Waals surface area contributed by atoms with Crippen molar-refractivity contribution in [2.75, 3.05) is 0 Å². The second kappa shape index (κ2) is 7.21. The molecule has 0 unspecified atom stereocenters. The topological polar surface area (TPSA) is 43.4 Å². The third kappa shape index (κ3) is 9.19. The Morgan fingerprint density at radius 2 is 1.87 bits per heavy atom. The first kappa shape index (κ1) is 13.9. The molecular weight excluding hydrogens is 192 g/mol. The third-order valence-electron chi connectivity index (χ3n) is 1.98. The van der Waals surface area contributed by atoms with Gasteiger partial charge in [0.05, 0.1) is 0 Å². The lowest BCUT2D eigenvalue weighted by Crippen LogP contribution is -2.12. The molecule has 0 N–H and O–H groups in total. The molecule has 3 heteroatoms. The standard InChI is InChI=1S/C12H20O3/c1-9(2)6-5-7-10(3)8-12(14)15-11(4)13/h6,10H,5,7-8H2,1-4H3/t10-/m1/s1. The fraction of sp³-hybridized carbons (Fsp3) is 0.667. The molecule has 0 radical (unpaired) electrons. The molecule has 15 heavy (non-hydrogen) atoms. The Morgan fingerprint density at radius 1 is 1.27 bits per heavy atom. The predicted octanol–water partition coefficient (Wildman–Crippen LogP) is 2.85. The van der Waals surface area contributed by atoms with E-state index < -0.39 is 11.9 Å². The normalized spacial score (nSPS) is 11.7. The summed E-state index contributed by atoms with van der Waals surface area (Å²) in [4.78, 5) is 21.6. The number of rotatable bonds is 5. The van der Waals surface area contributed by atoms with Crippen LogP contribution in [0.1, 0.15) is 47.0 Å². The van der Waals surface area contributed by atoms with Gasteiger partial charge >= 0.3 is 11.9 Å². The van der Waals surface area contributed by atoms with Crippen molar-refractivity contribution >= 4 is 11.9 Å². The second-order valence-electron chi connectivity index (χ2n) is 4.13. The van der Waals surface area contributed by atoms with Gasteiger partial charge in [-0.3, -0.25) is 9.59 Å². The van der Waals surface area contributed by atoms with E-state index in [-0.39, 0.29) is 5.92 Å². The number of carbonyl (C=O) groups is 2. The molecule has 0 saturated carbocycles. The Hall–Kier alpha value is -1.12. The largest absolute Gasteiger partial charge is 0.393 e. The molecule has 0 aliphatic carbocycles. The van der Waals surface area contributed by atoms with Crippen LogP contribution in [0.25, 0.3) is 0 Å². The van der Waals surface area contributed by atoms with Gasteiger partial charge in [0.15, 0.2) is 0 Å². The SMILES string of the molecule is CC(=O)OC(=O)C[C@H](C)CCC=C(C)C. The Bertz CT molecular complexity index is 250. The Kier molecular flexibility index (Phi) is 6.67. The van der Waals surface area contributed by atoms with Gasteiger partial charge in [-0.25, -0.2) is 0 Å². The molecule has 0 heterocycles. The number of allylic oxidation sites excluding steroid dienone is 2. The summed E-state index contributed by atoms with van der Waals surface area (Å²) in [5, 5.41) is 0. The molecular formula is C12H20O3. The molecule has 86 valence electrons. The first-order valence-electron chi connectivity index (χ1n) is 5.26. The van der Waals surface area contributed by atoms with Gasteiger partial charge in [0, 0.05) is 13.3 Å². The summed E-state index contributed by atoms with van der Waals surface area (Å²) in [5.41, 5.74) is 1.29. The van der Waals surface area contributed by atoms with E-state index in [9.17, 15) is 9.59 Å². The summed E-state index contributed by atoms with van der Waals surface area (Å²) in [5.74, 6) is -0.698. The van der Waals surface area contributed by atoms with Crippen LogP contribution in [-0.4, -0.2) is 11.9 Å². The monoisotopic (exact) mass is 212 g/mol. The fourth-order valence-corrected chi connectivity index (χ4v) is 1.25. The Labute approximate surface area is 91.5 Å². The number of hydrogen-bond donors (Lipinski definition) is 0. The number of esters is 2. The first-order valence-corrected chi connectivity index (χ1v) is 5.26. The molecule has 0 fully saturated rings. The van der Waals surface area contributed by atoms with Gasteiger partial charge in [-0.15, -0.1) is 0 Å². The van der Waals surface area contributed by atoms with Gasteiger partial charge in [-0.1, -0.05) is 18.6 Å². The van der Waals surface area contributed by atoms with Crippen LogP contribution in [0.4, 0.5) is 0 Å². The van der Waals surface area contributed by atoms with E-state index in [0.717, 1.165) is 12.8 Å². The maximum atomic E-state index is 11.1. The molecule has 0 rings (SSSR count). The average Bonchev–Trinajstić information content (AvgIpc) is 2.00. The lowest BCUT2D eigenvalue weighted by molar-refractivity contribution is -0.158. The van der Waals surface area contributed by atoms with Gasteiger partial charge in [0.1, 0.15) is 0 Å². The van der Waals surface area contributed by atoms with Crippen LogP contribution in [0.2, 0.25) is 0 Å². The highest BCUT2D eigenvalue weighted by atomic mass is 16.6.